The molecule has 0 amide bonds. The van der Waals surface area contributed by atoms with Gasteiger partial charge in [0.05, 0.1) is 12.9 Å². The van der Waals surface area contributed by atoms with Crippen molar-refractivity contribution in [1.82, 2.24) is 19.7 Å². The van der Waals surface area contributed by atoms with Gasteiger partial charge in [0.25, 0.3) is 5.89 Å². The van der Waals surface area contributed by atoms with E-state index in [1.165, 1.54) is 0 Å². The van der Waals surface area contributed by atoms with Crippen molar-refractivity contribution >= 4 is 0 Å². The Bertz CT molecular complexity index is 404. The van der Waals surface area contributed by atoms with Crippen LogP contribution in [0, 0.1) is 0 Å². The third-order valence-electron chi connectivity index (χ3n) is 1.57. The molecule has 6 nitrogen and oxygen atoms in total. The van der Waals surface area contributed by atoms with Gasteiger partial charge in [-0.3, -0.25) is 0 Å². The molecule has 0 spiro atoms. The Morgan fingerprint density at radius 3 is 3.00 bits per heavy atom. The van der Waals surface area contributed by atoms with Crippen molar-refractivity contribution in [2.75, 3.05) is 0 Å². The zero-order valence-corrected chi connectivity index (χ0v) is 7.14. The summed E-state index contributed by atoms with van der Waals surface area (Å²) in [6, 6.07) is 0. The van der Waals surface area contributed by atoms with Crippen molar-refractivity contribution in [3.63, 3.8) is 0 Å². The lowest BCUT2D eigenvalue weighted by atomic mass is 10.5. The van der Waals surface area contributed by atoms with Gasteiger partial charge in [-0.15, -0.1) is 0 Å². The van der Waals surface area contributed by atoms with E-state index in [1.807, 2.05) is 11.6 Å². The van der Waals surface area contributed by atoms with Crippen molar-refractivity contribution in [3.05, 3.63) is 18.3 Å². The number of nitrogens with two attached hydrogens (primary N) is 1. The van der Waals surface area contributed by atoms with Crippen molar-refractivity contribution in [2.24, 2.45) is 12.8 Å². The Kier molecular flexibility index (Phi) is 1.82. The van der Waals surface area contributed by atoms with Crippen LogP contribution in [0.1, 0.15) is 5.82 Å². The van der Waals surface area contributed by atoms with E-state index in [4.69, 9.17) is 10.3 Å². The summed E-state index contributed by atoms with van der Waals surface area (Å²) in [5.74, 6) is 0.890. The van der Waals surface area contributed by atoms with Crippen LogP contribution in [0.3, 0.4) is 0 Å². The molecule has 0 bridgehead atoms. The normalized spacial score (nSPS) is 10.6. The molecule has 0 aliphatic carbocycles. The molecule has 2 aromatic rings. The molecule has 0 saturated carbocycles. The van der Waals surface area contributed by atoms with Crippen molar-refractivity contribution in [3.8, 4) is 11.6 Å². The predicted octanol–water partition coefficient (Wildman–Crippen LogP) is -0.0712. The maximum Gasteiger partial charge on any atom is 0.278 e. The van der Waals surface area contributed by atoms with Crippen LogP contribution in [-0.2, 0) is 13.6 Å². The van der Waals surface area contributed by atoms with Gasteiger partial charge in [-0.1, -0.05) is 5.16 Å². The Labute approximate surface area is 74.4 Å². The number of aryl methyl sites for hydroxylation is 1. The van der Waals surface area contributed by atoms with Gasteiger partial charge in [0.2, 0.25) is 0 Å². The van der Waals surface area contributed by atoms with Crippen LogP contribution in [-0.4, -0.2) is 19.7 Å². The molecule has 6 heteroatoms. The molecule has 0 atom stereocenters. The van der Waals surface area contributed by atoms with E-state index in [1.54, 1.807) is 12.5 Å². The Hall–Kier alpha value is -1.69. The quantitative estimate of drug-likeness (QED) is 0.697. The Morgan fingerprint density at radius 2 is 2.46 bits per heavy atom. The summed E-state index contributed by atoms with van der Waals surface area (Å²) in [7, 11) is 1.87. The fourth-order valence-electron chi connectivity index (χ4n) is 0.964. The van der Waals surface area contributed by atoms with Crippen LogP contribution in [0.2, 0.25) is 0 Å². The largest absolute Gasteiger partial charge is 0.340 e. The number of hydrogen-bond acceptors (Lipinski definition) is 5. The molecule has 0 radical (unpaired) electrons. The maximum absolute atomic E-state index is 5.34. The summed E-state index contributed by atoms with van der Waals surface area (Å²) < 4.78 is 6.75. The van der Waals surface area contributed by atoms with Gasteiger partial charge in [0.15, 0.2) is 5.82 Å². The SMILES string of the molecule is Cn1cnc(-c2nc(CN)no2)c1. The van der Waals surface area contributed by atoms with Gasteiger partial charge in [-0.2, -0.15) is 4.98 Å². The minimum Gasteiger partial charge on any atom is -0.340 e. The molecule has 2 heterocycles. The van der Waals surface area contributed by atoms with Crippen LogP contribution < -0.4 is 5.73 Å². The van der Waals surface area contributed by atoms with Crippen molar-refractivity contribution in [1.29, 1.82) is 0 Å². The first-order chi connectivity index (χ1) is 6.29. The number of hydrogen-bond donors (Lipinski definition) is 1. The Morgan fingerprint density at radius 1 is 1.62 bits per heavy atom. The van der Waals surface area contributed by atoms with Gasteiger partial charge in [-0.25, -0.2) is 4.98 Å². The summed E-state index contributed by atoms with van der Waals surface area (Å²) in [5.41, 5.74) is 6.00. The maximum atomic E-state index is 5.34. The third kappa shape index (κ3) is 1.43. The smallest absolute Gasteiger partial charge is 0.278 e. The summed E-state index contributed by atoms with van der Waals surface area (Å²) >= 11 is 0. The molecule has 0 aliphatic heterocycles. The van der Waals surface area contributed by atoms with E-state index < -0.39 is 0 Å². The number of aromatic nitrogens is 4. The molecule has 2 N–H and O–H groups in total. The zero-order valence-electron chi connectivity index (χ0n) is 7.14. The standard InChI is InChI=1S/C7H9N5O/c1-12-3-5(9-4-12)7-10-6(2-8)11-13-7/h3-4H,2,8H2,1H3. The van der Waals surface area contributed by atoms with E-state index in [2.05, 4.69) is 15.1 Å². The first kappa shape index (κ1) is 7.93. The summed E-state index contributed by atoms with van der Waals surface area (Å²) in [6.07, 6.45) is 3.47. The molecule has 13 heavy (non-hydrogen) atoms. The van der Waals surface area contributed by atoms with E-state index in [-0.39, 0.29) is 6.54 Å². The van der Waals surface area contributed by atoms with Crippen molar-refractivity contribution in [2.45, 2.75) is 6.54 Å². The highest BCUT2D eigenvalue weighted by Crippen LogP contribution is 2.12. The molecule has 0 saturated heterocycles. The Balaban J connectivity index is 2.35. The monoisotopic (exact) mass is 179 g/mol. The molecule has 68 valence electrons. The first-order valence-corrected chi connectivity index (χ1v) is 3.80. The summed E-state index contributed by atoms with van der Waals surface area (Å²) in [4.78, 5) is 8.09. The zero-order chi connectivity index (χ0) is 9.26. The van der Waals surface area contributed by atoms with E-state index in [9.17, 15) is 0 Å². The van der Waals surface area contributed by atoms with E-state index in [0.717, 1.165) is 0 Å². The highest BCUT2D eigenvalue weighted by molar-refractivity contribution is 5.44. The second kappa shape index (κ2) is 2.98. The third-order valence-corrected chi connectivity index (χ3v) is 1.57. The highest BCUT2D eigenvalue weighted by Gasteiger charge is 2.09. The van der Waals surface area contributed by atoms with Gasteiger partial charge in [0, 0.05) is 13.2 Å². The fraction of sp³-hybridized carbons (Fsp3) is 0.286. The number of nitrogens with zero attached hydrogens (tertiary/aromatic N) is 4. The first-order valence-electron chi connectivity index (χ1n) is 3.80. The topological polar surface area (TPSA) is 82.8 Å². The van der Waals surface area contributed by atoms with Gasteiger partial charge >= 0.3 is 0 Å². The average Bonchev–Trinajstić information content (AvgIpc) is 2.71. The van der Waals surface area contributed by atoms with Crippen LogP contribution in [0.4, 0.5) is 0 Å². The molecule has 2 aromatic heterocycles. The van der Waals surface area contributed by atoms with Crippen LogP contribution in [0.5, 0.6) is 0 Å². The predicted molar refractivity (Wildman–Crippen MR) is 44.4 cm³/mol. The van der Waals surface area contributed by atoms with Gasteiger partial charge in [-0.05, 0) is 0 Å². The lowest BCUT2D eigenvalue weighted by Crippen LogP contribution is -1.97. The van der Waals surface area contributed by atoms with Crippen LogP contribution in [0.15, 0.2) is 17.0 Å². The molecule has 2 rings (SSSR count). The van der Waals surface area contributed by atoms with E-state index in [0.29, 0.717) is 17.4 Å². The molecule has 0 fully saturated rings. The molecule has 0 aromatic carbocycles. The van der Waals surface area contributed by atoms with Crippen LogP contribution >= 0.6 is 0 Å². The second-order valence-corrected chi connectivity index (χ2v) is 2.64. The lowest BCUT2D eigenvalue weighted by molar-refractivity contribution is 0.421. The number of imidazole rings is 1. The lowest BCUT2D eigenvalue weighted by Gasteiger charge is -1.83. The van der Waals surface area contributed by atoms with Gasteiger partial charge < -0.3 is 14.8 Å². The fourth-order valence-corrected chi connectivity index (χ4v) is 0.964. The minimum absolute atomic E-state index is 0.274. The molecule has 0 aliphatic rings. The minimum atomic E-state index is 0.274. The molecular weight excluding hydrogens is 170 g/mol. The van der Waals surface area contributed by atoms with Crippen molar-refractivity contribution < 1.29 is 4.52 Å². The second-order valence-electron chi connectivity index (χ2n) is 2.64. The number of rotatable bonds is 2. The van der Waals surface area contributed by atoms with Crippen LogP contribution in [0.25, 0.3) is 11.6 Å². The summed E-state index contributed by atoms with van der Waals surface area (Å²) in [5, 5.41) is 3.66. The molecule has 0 unspecified atom stereocenters. The highest BCUT2D eigenvalue weighted by atomic mass is 16.5. The average molecular weight is 179 g/mol. The van der Waals surface area contributed by atoms with E-state index >= 15 is 0 Å². The molecular formula is C7H9N5O. The van der Waals surface area contributed by atoms with Gasteiger partial charge in [0.1, 0.15) is 5.69 Å². The summed E-state index contributed by atoms with van der Waals surface area (Å²) in [6.45, 7) is 0.274.